The Morgan fingerprint density at radius 3 is 2.36 bits per heavy atom. The summed E-state index contributed by atoms with van der Waals surface area (Å²) in [7, 11) is -4.79. The van der Waals surface area contributed by atoms with Gasteiger partial charge in [0.2, 0.25) is 15.9 Å². The van der Waals surface area contributed by atoms with Crippen molar-refractivity contribution >= 4 is 31.5 Å². The molecule has 2 N–H and O–H groups in total. The minimum Gasteiger partial charge on any atom is -0.506 e. The van der Waals surface area contributed by atoms with E-state index in [1.165, 1.54) is 51.5 Å². The van der Waals surface area contributed by atoms with E-state index >= 15 is 0 Å². The molecule has 0 spiro atoms. The largest absolute Gasteiger partial charge is 0.506 e. The van der Waals surface area contributed by atoms with Crippen LogP contribution < -0.4 is 14.8 Å². The summed E-state index contributed by atoms with van der Waals surface area (Å²) in [5, 5.41) is 12.6. The minimum absolute atomic E-state index is 0.0562. The highest BCUT2D eigenvalue weighted by Crippen LogP contribution is 2.34. The van der Waals surface area contributed by atoms with E-state index in [0.29, 0.717) is 12.2 Å². The maximum atomic E-state index is 13.3. The summed E-state index contributed by atoms with van der Waals surface area (Å²) in [6.07, 6.45) is 0.729. The second-order valence-electron chi connectivity index (χ2n) is 7.36. The van der Waals surface area contributed by atoms with Crippen LogP contribution in [0.4, 0.5) is 5.69 Å². The number of anilines is 1. The maximum Gasteiger partial charge on any atom is 0.243 e. The number of sulfone groups is 1. The molecule has 0 bridgehead atoms. The van der Waals surface area contributed by atoms with Crippen LogP contribution in [0.3, 0.4) is 0 Å². The summed E-state index contributed by atoms with van der Waals surface area (Å²) in [6, 6.07) is 6.70. The molecule has 1 aliphatic rings. The molecule has 1 aliphatic heterocycles. The van der Waals surface area contributed by atoms with E-state index in [0.717, 1.165) is 10.4 Å². The van der Waals surface area contributed by atoms with Crippen molar-refractivity contribution in [2.24, 2.45) is 0 Å². The minimum atomic E-state index is -4.05. The molecule has 0 radical (unpaired) electrons. The van der Waals surface area contributed by atoms with Gasteiger partial charge in [-0.1, -0.05) is 6.92 Å². The summed E-state index contributed by atoms with van der Waals surface area (Å²) in [4.78, 5) is 12.9. The number of hydrogen-bond acceptors (Lipinski definition) is 8. The molecule has 2 aromatic rings. The van der Waals surface area contributed by atoms with Crippen LogP contribution >= 0.6 is 0 Å². The Morgan fingerprint density at radius 1 is 1.06 bits per heavy atom. The van der Waals surface area contributed by atoms with Crippen molar-refractivity contribution in [1.82, 2.24) is 4.31 Å². The Balaban J connectivity index is 1.89. The van der Waals surface area contributed by atoms with Crippen LogP contribution in [0.2, 0.25) is 0 Å². The first kappa shape index (κ1) is 24.8. The van der Waals surface area contributed by atoms with Crippen molar-refractivity contribution in [3.05, 3.63) is 36.4 Å². The van der Waals surface area contributed by atoms with Gasteiger partial charge in [0.05, 0.1) is 35.5 Å². The predicted molar refractivity (Wildman–Crippen MR) is 121 cm³/mol. The van der Waals surface area contributed by atoms with Crippen molar-refractivity contribution in [1.29, 1.82) is 0 Å². The fourth-order valence-corrected chi connectivity index (χ4v) is 6.17. The highest BCUT2D eigenvalue weighted by atomic mass is 32.2. The summed E-state index contributed by atoms with van der Waals surface area (Å²) in [5.74, 6) is -0.545. The molecule has 1 saturated heterocycles. The second kappa shape index (κ2) is 9.57. The first-order chi connectivity index (χ1) is 15.5. The van der Waals surface area contributed by atoms with Crippen LogP contribution in [0.15, 0.2) is 46.2 Å². The van der Waals surface area contributed by atoms with Crippen LogP contribution in [0, 0.1) is 0 Å². The average molecular weight is 499 g/mol. The molecule has 0 aliphatic carbocycles. The zero-order chi connectivity index (χ0) is 24.4. The van der Waals surface area contributed by atoms with Crippen molar-refractivity contribution in [2.75, 3.05) is 31.8 Å². The number of hydrogen-bond donors (Lipinski definition) is 2. The van der Waals surface area contributed by atoms with Crippen LogP contribution in [0.1, 0.15) is 19.8 Å². The zero-order valence-corrected chi connectivity index (χ0v) is 20.1. The van der Waals surface area contributed by atoms with Gasteiger partial charge in [0.25, 0.3) is 0 Å². The number of carbonyl (C=O) groups is 1. The number of benzene rings is 2. The molecule has 0 saturated carbocycles. The molecule has 2 aromatic carbocycles. The van der Waals surface area contributed by atoms with E-state index in [4.69, 9.17) is 9.47 Å². The molecule has 3 rings (SSSR count). The molecule has 1 heterocycles. The normalized spacial score (nSPS) is 17.0. The number of nitrogens with one attached hydrogen (secondary N) is 1. The van der Waals surface area contributed by atoms with Gasteiger partial charge in [-0.25, -0.2) is 16.8 Å². The number of nitrogens with zero attached hydrogens (tertiary/aromatic N) is 1. The standard InChI is InChI=1S/C21H26N2O8S2/c1-4-32(26,27)14-7-9-18(24)16(12-14)22-21(25)17-6-5-11-23(17)33(28,29)15-8-10-19(30-2)20(13-15)31-3/h7-10,12-13,17,24H,4-6,11H2,1-3H3,(H,22,25). The van der Waals surface area contributed by atoms with Crippen LogP contribution in [-0.2, 0) is 24.7 Å². The van der Waals surface area contributed by atoms with Gasteiger partial charge in [0.1, 0.15) is 11.8 Å². The van der Waals surface area contributed by atoms with Crippen molar-refractivity contribution in [2.45, 2.75) is 35.6 Å². The van der Waals surface area contributed by atoms with Crippen molar-refractivity contribution in [3.8, 4) is 17.2 Å². The van der Waals surface area contributed by atoms with Gasteiger partial charge in [-0.15, -0.1) is 0 Å². The monoisotopic (exact) mass is 498 g/mol. The Kier molecular flexibility index (Phi) is 7.20. The molecule has 1 atom stereocenters. The Morgan fingerprint density at radius 2 is 1.73 bits per heavy atom. The highest BCUT2D eigenvalue weighted by molar-refractivity contribution is 7.91. The topological polar surface area (TPSA) is 139 Å². The smallest absolute Gasteiger partial charge is 0.243 e. The van der Waals surface area contributed by atoms with E-state index in [1.807, 2.05) is 0 Å². The van der Waals surface area contributed by atoms with Crippen LogP contribution in [0.25, 0.3) is 0 Å². The first-order valence-corrected chi connectivity index (χ1v) is 13.2. The maximum absolute atomic E-state index is 13.3. The molecule has 0 aromatic heterocycles. The number of rotatable bonds is 8. The van der Waals surface area contributed by atoms with Gasteiger partial charge in [-0.3, -0.25) is 4.79 Å². The average Bonchev–Trinajstić information content (AvgIpc) is 3.31. The SMILES string of the molecule is CCS(=O)(=O)c1ccc(O)c(NC(=O)C2CCCN2S(=O)(=O)c2ccc(OC)c(OC)c2)c1. The lowest BCUT2D eigenvalue weighted by molar-refractivity contribution is -0.119. The number of phenolic OH excluding ortho intramolecular Hbond substituents is 1. The molecule has 1 unspecified atom stereocenters. The number of sulfonamides is 1. The molecule has 180 valence electrons. The number of amides is 1. The van der Waals surface area contributed by atoms with Gasteiger partial charge in [-0.05, 0) is 43.2 Å². The van der Waals surface area contributed by atoms with Crippen LogP contribution in [0.5, 0.6) is 17.2 Å². The fraction of sp³-hybridized carbons (Fsp3) is 0.381. The van der Waals surface area contributed by atoms with Gasteiger partial charge >= 0.3 is 0 Å². The summed E-state index contributed by atoms with van der Waals surface area (Å²) in [6.45, 7) is 1.61. The number of carbonyl (C=O) groups excluding carboxylic acids is 1. The Hall–Kier alpha value is -2.83. The fourth-order valence-electron chi connectivity index (χ4n) is 3.59. The van der Waals surface area contributed by atoms with Gasteiger partial charge in [0, 0.05) is 12.6 Å². The molecule has 1 amide bonds. The number of aromatic hydroxyl groups is 1. The molecule has 1 fully saturated rings. The molecular formula is C21H26N2O8S2. The van der Waals surface area contributed by atoms with Gasteiger partial charge < -0.3 is 19.9 Å². The molecule has 33 heavy (non-hydrogen) atoms. The second-order valence-corrected chi connectivity index (χ2v) is 11.5. The number of phenols is 1. The summed E-state index contributed by atoms with van der Waals surface area (Å²) < 4.78 is 62.3. The predicted octanol–water partition coefficient (Wildman–Crippen LogP) is 1.99. The van der Waals surface area contributed by atoms with E-state index in [1.54, 1.807) is 0 Å². The number of methoxy groups -OCH3 is 2. The Bertz CT molecular complexity index is 1260. The Labute approximate surface area is 193 Å². The van der Waals surface area contributed by atoms with E-state index in [9.17, 15) is 26.7 Å². The third-order valence-electron chi connectivity index (χ3n) is 5.43. The lowest BCUT2D eigenvalue weighted by Gasteiger charge is -2.24. The number of ether oxygens (including phenoxy) is 2. The summed E-state index contributed by atoms with van der Waals surface area (Å²) >= 11 is 0. The van der Waals surface area contributed by atoms with Crippen LogP contribution in [-0.4, -0.2) is 64.7 Å². The summed E-state index contributed by atoms with van der Waals surface area (Å²) in [5.41, 5.74) is -0.107. The molecular weight excluding hydrogens is 472 g/mol. The van der Waals surface area contributed by atoms with Crippen molar-refractivity contribution < 1.29 is 36.2 Å². The lowest BCUT2D eigenvalue weighted by atomic mass is 10.2. The lowest BCUT2D eigenvalue weighted by Crippen LogP contribution is -2.43. The van der Waals surface area contributed by atoms with Crippen molar-refractivity contribution in [3.63, 3.8) is 0 Å². The molecule has 12 heteroatoms. The van der Waals surface area contributed by atoms with E-state index < -0.39 is 31.8 Å². The van der Waals surface area contributed by atoms with Gasteiger partial charge in [-0.2, -0.15) is 4.31 Å². The third kappa shape index (κ3) is 4.92. The van der Waals surface area contributed by atoms with E-state index in [2.05, 4.69) is 5.32 Å². The molecule has 10 nitrogen and oxygen atoms in total. The van der Waals surface area contributed by atoms with E-state index in [-0.39, 0.29) is 45.7 Å². The zero-order valence-electron chi connectivity index (χ0n) is 18.4. The third-order valence-corrected chi connectivity index (χ3v) is 9.07. The quantitative estimate of drug-likeness (QED) is 0.527. The van der Waals surface area contributed by atoms with Gasteiger partial charge in [0.15, 0.2) is 21.3 Å². The first-order valence-electron chi connectivity index (χ1n) is 10.2. The highest BCUT2D eigenvalue weighted by Gasteiger charge is 2.40.